The van der Waals surface area contributed by atoms with E-state index in [1.165, 1.54) is 30.3 Å². The van der Waals surface area contributed by atoms with E-state index in [2.05, 4.69) is 16.0 Å². The molecule has 1 unspecified atom stereocenters. The van der Waals surface area contributed by atoms with Crippen LogP contribution < -0.4 is 16.0 Å². The van der Waals surface area contributed by atoms with Crippen LogP contribution in [0.3, 0.4) is 0 Å². The largest absolute Gasteiger partial charge is 0.462 e. The molecule has 0 aromatic heterocycles. The van der Waals surface area contributed by atoms with Crippen molar-refractivity contribution in [2.45, 2.75) is 38.0 Å². The Morgan fingerprint density at radius 3 is 2.66 bits per heavy atom. The van der Waals surface area contributed by atoms with Crippen molar-refractivity contribution in [2.75, 3.05) is 17.2 Å². The van der Waals surface area contributed by atoms with Crippen LogP contribution in [0.4, 0.5) is 15.8 Å². The number of halogens is 1. The van der Waals surface area contributed by atoms with Crippen molar-refractivity contribution in [1.29, 1.82) is 0 Å². The first-order chi connectivity index (χ1) is 15.3. The average molecular weight is 441 g/mol. The summed E-state index contributed by atoms with van der Waals surface area (Å²) in [6.07, 6.45) is -0.660. The van der Waals surface area contributed by atoms with Crippen LogP contribution in [0.5, 0.6) is 0 Å². The highest BCUT2D eigenvalue weighted by molar-refractivity contribution is 6.10. The van der Waals surface area contributed by atoms with E-state index < -0.39 is 47.2 Å². The first-order valence-electron chi connectivity index (χ1n) is 10.4. The van der Waals surface area contributed by atoms with Crippen molar-refractivity contribution in [3.05, 3.63) is 59.4 Å². The van der Waals surface area contributed by atoms with Crippen LogP contribution >= 0.6 is 0 Å². The first-order valence-corrected chi connectivity index (χ1v) is 10.4. The molecule has 4 N–H and O–H groups in total. The Balaban J connectivity index is 1.64. The second kappa shape index (κ2) is 8.33. The minimum absolute atomic E-state index is 0.174. The lowest BCUT2D eigenvalue weighted by Gasteiger charge is -2.29. The van der Waals surface area contributed by atoms with Crippen molar-refractivity contribution in [1.82, 2.24) is 5.32 Å². The number of hydrogen-bond donors (Lipinski definition) is 4. The van der Waals surface area contributed by atoms with Gasteiger partial charge in [-0.15, -0.1) is 0 Å². The summed E-state index contributed by atoms with van der Waals surface area (Å²) in [6.45, 7) is 3.53. The molecule has 1 fully saturated rings. The molecule has 0 radical (unpaired) electrons. The van der Waals surface area contributed by atoms with Crippen molar-refractivity contribution in [3.8, 4) is 0 Å². The Kier molecular flexibility index (Phi) is 5.70. The molecule has 9 heteroatoms. The van der Waals surface area contributed by atoms with Crippen molar-refractivity contribution < 1.29 is 28.6 Å². The number of ether oxygens (including phenoxy) is 1. The Labute approximate surface area is 184 Å². The number of amides is 2. The number of benzene rings is 2. The van der Waals surface area contributed by atoms with E-state index in [0.717, 1.165) is 0 Å². The van der Waals surface area contributed by atoms with E-state index in [-0.39, 0.29) is 13.0 Å². The fourth-order valence-electron chi connectivity index (χ4n) is 4.42. The lowest BCUT2D eigenvalue weighted by molar-refractivity contribution is -0.130. The van der Waals surface area contributed by atoms with Gasteiger partial charge in [0.05, 0.1) is 24.2 Å². The highest BCUT2D eigenvalue weighted by Gasteiger charge is 2.60. The molecule has 32 heavy (non-hydrogen) atoms. The molecule has 8 nitrogen and oxygen atoms in total. The number of rotatable bonds is 5. The maximum Gasteiger partial charge on any atom is 0.338 e. The number of carbonyl (C=O) groups is 3. The lowest BCUT2D eigenvalue weighted by Crippen LogP contribution is -2.53. The van der Waals surface area contributed by atoms with Gasteiger partial charge in [0.25, 0.3) is 0 Å². The second-order valence-corrected chi connectivity index (χ2v) is 8.02. The zero-order valence-corrected chi connectivity index (χ0v) is 17.6. The van der Waals surface area contributed by atoms with Gasteiger partial charge in [-0.05, 0) is 62.7 Å². The molecule has 0 aliphatic carbocycles. The van der Waals surface area contributed by atoms with Crippen LogP contribution in [0.1, 0.15) is 36.2 Å². The number of nitrogens with one attached hydrogen (secondary N) is 3. The summed E-state index contributed by atoms with van der Waals surface area (Å²) in [7, 11) is 0. The minimum atomic E-state index is -1.51. The Morgan fingerprint density at radius 1 is 1.28 bits per heavy atom. The SMILES string of the molecule is CCOC(=O)c1ccc(NC(=O)[C@H]2C[C@H](C(C)O)N[C@]23C(=O)Nc2ccc(F)cc23)cc1. The predicted molar refractivity (Wildman–Crippen MR) is 114 cm³/mol. The molecule has 1 saturated heterocycles. The van der Waals surface area contributed by atoms with Gasteiger partial charge in [-0.25, -0.2) is 9.18 Å². The number of aliphatic hydroxyl groups excluding tert-OH is 1. The lowest BCUT2D eigenvalue weighted by atomic mass is 9.79. The van der Waals surface area contributed by atoms with E-state index in [4.69, 9.17) is 4.74 Å². The van der Waals surface area contributed by atoms with Gasteiger partial charge in [-0.1, -0.05) is 0 Å². The van der Waals surface area contributed by atoms with Gasteiger partial charge in [-0.3, -0.25) is 14.9 Å². The molecule has 168 valence electrons. The summed E-state index contributed by atoms with van der Waals surface area (Å²) in [5.41, 5.74) is 0.0259. The van der Waals surface area contributed by atoms with E-state index in [0.29, 0.717) is 22.5 Å². The molecule has 4 rings (SSSR count). The van der Waals surface area contributed by atoms with Gasteiger partial charge in [0, 0.05) is 23.0 Å². The zero-order valence-electron chi connectivity index (χ0n) is 17.6. The summed E-state index contributed by atoms with van der Waals surface area (Å²) in [4.78, 5) is 38.2. The van der Waals surface area contributed by atoms with E-state index in [1.807, 2.05) is 0 Å². The van der Waals surface area contributed by atoms with Gasteiger partial charge < -0.3 is 20.5 Å². The molecule has 2 aliphatic heterocycles. The molecule has 0 bridgehead atoms. The summed E-state index contributed by atoms with van der Waals surface area (Å²) in [6, 6.07) is 9.57. The van der Waals surface area contributed by atoms with Crippen LogP contribution in [0.25, 0.3) is 0 Å². The molecule has 4 atom stereocenters. The third-order valence-corrected chi connectivity index (χ3v) is 6.00. The topological polar surface area (TPSA) is 117 Å². The minimum Gasteiger partial charge on any atom is -0.462 e. The molecule has 2 aliphatic rings. The Bertz CT molecular complexity index is 1070. The fourth-order valence-corrected chi connectivity index (χ4v) is 4.42. The molecular weight excluding hydrogens is 417 g/mol. The van der Waals surface area contributed by atoms with Crippen LogP contribution in [-0.4, -0.2) is 41.6 Å². The highest BCUT2D eigenvalue weighted by Crippen LogP contribution is 2.47. The molecule has 2 heterocycles. The third-order valence-electron chi connectivity index (χ3n) is 6.00. The normalized spacial score (nSPS) is 24.7. The van der Waals surface area contributed by atoms with Gasteiger partial charge in [-0.2, -0.15) is 0 Å². The Hall–Kier alpha value is -3.30. The number of anilines is 2. The van der Waals surface area contributed by atoms with Crippen LogP contribution in [0, 0.1) is 11.7 Å². The summed E-state index contributed by atoms with van der Waals surface area (Å²) in [5, 5.41) is 18.7. The van der Waals surface area contributed by atoms with Crippen molar-refractivity contribution >= 4 is 29.2 Å². The predicted octanol–water partition coefficient (Wildman–Crippen LogP) is 2.15. The fraction of sp³-hybridized carbons (Fsp3) is 0.348. The number of esters is 1. The molecule has 0 saturated carbocycles. The molecule has 2 aromatic carbocycles. The molecular formula is C23H24FN3O5. The highest BCUT2D eigenvalue weighted by atomic mass is 19.1. The van der Waals surface area contributed by atoms with Gasteiger partial charge >= 0.3 is 5.97 Å². The zero-order chi connectivity index (χ0) is 23.0. The summed E-state index contributed by atoms with van der Waals surface area (Å²) >= 11 is 0. The quantitative estimate of drug-likeness (QED) is 0.529. The van der Waals surface area contributed by atoms with Gasteiger partial charge in [0.2, 0.25) is 11.8 Å². The number of fused-ring (bicyclic) bond motifs is 2. The maximum absolute atomic E-state index is 14.1. The summed E-state index contributed by atoms with van der Waals surface area (Å²) < 4.78 is 19.0. The number of aliphatic hydroxyl groups is 1. The molecule has 2 aromatic rings. The molecule has 1 spiro atoms. The van der Waals surface area contributed by atoms with Crippen LogP contribution in [0.2, 0.25) is 0 Å². The number of carbonyl (C=O) groups excluding carboxylic acids is 3. The number of hydrogen-bond acceptors (Lipinski definition) is 6. The van der Waals surface area contributed by atoms with Crippen LogP contribution in [-0.2, 0) is 19.9 Å². The monoisotopic (exact) mass is 441 g/mol. The third kappa shape index (κ3) is 3.63. The van der Waals surface area contributed by atoms with Crippen molar-refractivity contribution in [2.24, 2.45) is 5.92 Å². The second-order valence-electron chi connectivity index (χ2n) is 8.02. The smallest absolute Gasteiger partial charge is 0.338 e. The van der Waals surface area contributed by atoms with Gasteiger partial charge in [0.1, 0.15) is 11.4 Å². The van der Waals surface area contributed by atoms with Crippen LogP contribution in [0.15, 0.2) is 42.5 Å². The standard InChI is InChI=1S/C23H24FN3O5/c1-3-32-21(30)13-4-7-15(8-5-13)25-20(29)17-11-19(12(2)28)27-23(17)16-10-14(24)6-9-18(16)26-22(23)31/h4-10,12,17,19,27-28H,3,11H2,1-2H3,(H,25,29)(H,26,31)/t12?,17-,19-,23+/m1/s1. The average Bonchev–Trinajstić information content (AvgIpc) is 3.29. The van der Waals surface area contributed by atoms with E-state index >= 15 is 0 Å². The first kappa shape index (κ1) is 21.9. The summed E-state index contributed by atoms with van der Waals surface area (Å²) in [5.74, 6) is -2.84. The van der Waals surface area contributed by atoms with Crippen molar-refractivity contribution in [3.63, 3.8) is 0 Å². The maximum atomic E-state index is 14.1. The Morgan fingerprint density at radius 2 is 2.00 bits per heavy atom. The van der Waals surface area contributed by atoms with E-state index in [9.17, 15) is 23.9 Å². The van der Waals surface area contributed by atoms with E-state index in [1.54, 1.807) is 26.0 Å². The van der Waals surface area contributed by atoms with Gasteiger partial charge in [0.15, 0.2) is 0 Å². The molecule has 2 amide bonds.